The Balaban J connectivity index is 1.95. The molecule has 0 bridgehead atoms. The summed E-state index contributed by atoms with van der Waals surface area (Å²) in [5.74, 6) is 0.770. The number of benzene rings is 1. The molecule has 0 atom stereocenters. The summed E-state index contributed by atoms with van der Waals surface area (Å²) in [6.45, 7) is 8.47. The molecule has 4 nitrogen and oxygen atoms in total. The van der Waals surface area contributed by atoms with Crippen molar-refractivity contribution in [3.63, 3.8) is 0 Å². The molecule has 1 heterocycles. The van der Waals surface area contributed by atoms with Gasteiger partial charge in [0.1, 0.15) is 5.82 Å². The fraction of sp³-hybridized carbons (Fsp3) is 0.333. The zero-order valence-corrected chi connectivity index (χ0v) is 13.6. The Kier molecular flexibility index (Phi) is 4.81. The van der Waals surface area contributed by atoms with E-state index < -0.39 is 5.41 Å². The van der Waals surface area contributed by atoms with Gasteiger partial charge in [-0.15, -0.1) is 0 Å². The molecule has 0 radical (unpaired) electrons. The minimum absolute atomic E-state index is 0.0186. The molecule has 1 aromatic carbocycles. The van der Waals surface area contributed by atoms with E-state index in [1.807, 2.05) is 45.0 Å². The molecular weight excluding hydrogens is 274 g/mol. The van der Waals surface area contributed by atoms with Crippen molar-refractivity contribution in [2.75, 3.05) is 10.6 Å². The van der Waals surface area contributed by atoms with Gasteiger partial charge in [-0.05, 0) is 30.2 Å². The van der Waals surface area contributed by atoms with Crippen molar-refractivity contribution in [3.8, 4) is 0 Å². The van der Waals surface area contributed by atoms with Crippen molar-refractivity contribution >= 4 is 17.4 Å². The zero-order chi connectivity index (χ0) is 16.2. The first-order valence-electron chi connectivity index (χ1n) is 7.42. The van der Waals surface area contributed by atoms with Gasteiger partial charge in [0.05, 0.1) is 11.9 Å². The molecule has 116 valence electrons. The standard InChI is InChI=1S/C18H23N3O/c1-13-7-5-6-8-14(13)11-19-16-10-9-15(12-20-16)21-17(22)18(2,3)4/h5-10,12H,11H2,1-4H3,(H,19,20)(H,21,22). The minimum atomic E-state index is -0.415. The SMILES string of the molecule is Cc1ccccc1CNc1ccc(NC(=O)C(C)(C)C)cn1. The maximum atomic E-state index is 11.9. The molecule has 0 aliphatic carbocycles. The molecule has 0 unspecified atom stereocenters. The lowest BCUT2D eigenvalue weighted by Crippen LogP contribution is -2.27. The number of carbonyl (C=O) groups excluding carboxylic acids is 1. The smallest absolute Gasteiger partial charge is 0.229 e. The quantitative estimate of drug-likeness (QED) is 0.897. The van der Waals surface area contributed by atoms with Crippen LogP contribution in [0.2, 0.25) is 0 Å². The fourth-order valence-electron chi connectivity index (χ4n) is 1.89. The number of hydrogen-bond acceptors (Lipinski definition) is 3. The Hall–Kier alpha value is -2.36. The highest BCUT2D eigenvalue weighted by molar-refractivity contribution is 5.94. The van der Waals surface area contributed by atoms with Crippen LogP contribution in [0.25, 0.3) is 0 Å². The fourth-order valence-corrected chi connectivity index (χ4v) is 1.89. The average molecular weight is 297 g/mol. The molecule has 22 heavy (non-hydrogen) atoms. The normalized spacial score (nSPS) is 11.1. The number of rotatable bonds is 4. The maximum Gasteiger partial charge on any atom is 0.229 e. The maximum absolute atomic E-state index is 11.9. The molecule has 0 spiro atoms. The number of nitrogens with one attached hydrogen (secondary N) is 2. The molecule has 1 aromatic heterocycles. The third-order valence-corrected chi connectivity index (χ3v) is 3.42. The largest absolute Gasteiger partial charge is 0.366 e. The Labute approximate surface area is 132 Å². The summed E-state index contributed by atoms with van der Waals surface area (Å²) in [7, 11) is 0. The molecule has 0 saturated heterocycles. The third kappa shape index (κ3) is 4.32. The van der Waals surface area contributed by atoms with E-state index in [1.165, 1.54) is 11.1 Å². The zero-order valence-electron chi connectivity index (χ0n) is 13.6. The van der Waals surface area contributed by atoms with E-state index >= 15 is 0 Å². The summed E-state index contributed by atoms with van der Waals surface area (Å²) in [4.78, 5) is 16.2. The van der Waals surface area contributed by atoms with Crippen LogP contribution in [0, 0.1) is 12.3 Å². The number of aryl methyl sites for hydroxylation is 1. The third-order valence-electron chi connectivity index (χ3n) is 3.42. The summed E-state index contributed by atoms with van der Waals surface area (Å²) in [6, 6.07) is 12.0. The average Bonchev–Trinajstić information content (AvgIpc) is 2.47. The van der Waals surface area contributed by atoms with E-state index in [1.54, 1.807) is 6.20 Å². The second-order valence-corrected chi connectivity index (χ2v) is 6.42. The van der Waals surface area contributed by atoms with Gasteiger partial charge in [-0.25, -0.2) is 4.98 Å². The molecule has 2 N–H and O–H groups in total. The highest BCUT2D eigenvalue weighted by Gasteiger charge is 2.21. The molecule has 0 aliphatic rings. The topological polar surface area (TPSA) is 54.0 Å². The van der Waals surface area contributed by atoms with Gasteiger partial charge in [0.2, 0.25) is 5.91 Å². The van der Waals surface area contributed by atoms with Crippen LogP contribution in [0.15, 0.2) is 42.6 Å². The van der Waals surface area contributed by atoms with Gasteiger partial charge in [0.25, 0.3) is 0 Å². The molecule has 1 amide bonds. The van der Waals surface area contributed by atoms with Crippen molar-refractivity contribution in [2.24, 2.45) is 5.41 Å². The number of hydrogen-bond donors (Lipinski definition) is 2. The van der Waals surface area contributed by atoms with E-state index in [0.717, 1.165) is 12.4 Å². The molecule has 2 rings (SSSR count). The monoisotopic (exact) mass is 297 g/mol. The molecular formula is C18H23N3O. The van der Waals surface area contributed by atoms with Crippen molar-refractivity contribution in [2.45, 2.75) is 34.2 Å². The Morgan fingerprint density at radius 1 is 1.14 bits per heavy atom. The van der Waals surface area contributed by atoms with Crippen LogP contribution in [0.1, 0.15) is 31.9 Å². The Bertz CT molecular complexity index is 642. The van der Waals surface area contributed by atoms with Crippen LogP contribution >= 0.6 is 0 Å². The van der Waals surface area contributed by atoms with Crippen LogP contribution in [0.4, 0.5) is 11.5 Å². The molecule has 0 saturated carbocycles. The Morgan fingerprint density at radius 3 is 2.45 bits per heavy atom. The van der Waals surface area contributed by atoms with Crippen molar-refractivity contribution in [3.05, 3.63) is 53.7 Å². The summed E-state index contributed by atoms with van der Waals surface area (Å²) in [5.41, 5.74) is 2.79. The number of anilines is 2. The highest BCUT2D eigenvalue weighted by atomic mass is 16.2. The first kappa shape index (κ1) is 16.0. The number of pyridine rings is 1. The second-order valence-electron chi connectivity index (χ2n) is 6.42. The lowest BCUT2D eigenvalue weighted by molar-refractivity contribution is -0.123. The van der Waals surface area contributed by atoms with Crippen LogP contribution < -0.4 is 10.6 Å². The number of nitrogens with zero attached hydrogens (tertiary/aromatic N) is 1. The van der Waals surface area contributed by atoms with E-state index in [4.69, 9.17) is 0 Å². The lowest BCUT2D eigenvalue weighted by Gasteiger charge is -2.17. The molecule has 0 fully saturated rings. The Morgan fingerprint density at radius 2 is 1.86 bits per heavy atom. The minimum Gasteiger partial charge on any atom is -0.366 e. The molecule has 4 heteroatoms. The van der Waals surface area contributed by atoms with Crippen molar-refractivity contribution in [1.29, 1.82) is 0 Å². The number of aromatic nitrogens is 1. The lowest BCUT2D eigenvalue weighted by atomic mass is 9.96. The molecule has 0 aliphatic heterocycles. The summed E-state index contributed by atoms with van der Waals surface area (Å²) in [6.07, 6.45) is 1.67. The summed E-state index contributed by atoms with van der Waals surface area (Å²) >= 11 is 0. The first-order valence-corrected chi connectivity index (χ1v) is 7.42. The van der Waals surface area contributed by atoms with Crippen molar-refractivity contribution < 1.29 is 4.79 Å². The number of carbonyl (C=O) groups is 1. The van der Waals surface area contributed by atoms with Gasteiger partial charge in [-0.3, -0.25) is 4.79 Å². The highest BCUT2D eigenvalue weighted by Crippen LogP contribution is 2.18. The summed E-state index contributed by atoms with van der Waals surface area (Å²) in [5, 5.41) is 6.15. The van der Waals surface area contributed by atoms with Crippen molar-refractivity contribution in [1.82, 2.24) is 4.98 Å². The van der Waals surface area contributed by atoms with Gasteiger partial charge < -0.3 is 10.6 Å². The van der Waals surface area contributed by atoms with Gasteiger partial charge >= 0.3 is 0 Å². The predicted octanol–water partition coefficient (Wildman–Crippen LogP) is 3.99. The van der Waals surface area contributed by atoms with E-state index in [9.17, 15) is 4.79 Å². The molecule has 2 aromatic rings. The van der Waals surface area contributed by atoms with E-state index in [2.05, 4.69) is 34.7 Å². The van der Waals surface area contributed by atoms with E-state index in [-0.39, 0.29) is 5.91 Å². The second kappa shape index (κ2) is 6.60. The van der Waals surface area contributed by atoms with E-state index in [0.29, 0.717) is 5.69 Å². The van der Waals surface area contributed by atoms with Gasteiger partial charge in [-0.2, -0.15) is 0 Å². The van der Waals surface area contributed by atoms with Gasteiger partial charge in [0.15, 0.2) is 0 Å². The predicted molar refractivity (Wildman–Crippen MR) is 90.8 cm³/mol. The van der Waals surface area contributed by atoms with Gasteiger partial charge in [0, 0.05) is 12.0 Å². The summed E-state index contributed by atoms with van der Waals surface area (Å²) < 4.78 is 0. The van der Waals surface area contributed by atoms with Crippen LogP contribution in [0.5, 0.6) is 0 Å². The van der Waals surface area contributed by atoms with Crippen LogP contribution in [-0.2, 0) is 11.3 Å². The van der Waals surface area contributed by atoms with Crippen LogP contribution in [0.3, 0.4) is 0 Å². The van der Waals surface area contributed by atoms with Gasteiger partial charge in [-0.1, -0.05) is 45.0 Å². The van der Waals surface area contributed by atoms with Crippen LogP contribution in [-0.4, -0.2) is 10.9 Å². The number of amides is 1. The first-order chi connectivity index (χ1) is 10.4.